The third-order valence-corrected chi connectivity index (χ3v) is 7.71. The van der Waals surface area contributed by atoms with Crippen molar-refractivity contribution in [3.8, 4) is 5.75 Å². The van der Waals surface area contributed by atoms with Crippen molar-refractivity contribution in [3.05, 3.63) is 64.8 Å². The minimum atomic E-state index is -1.06. The number of benzene rings is 2. The molecule has 10 nitrogen and oxygen atoms in total. The van der Waals surface area contributed by atoms with E-state index in [0.29, 0.717) is 50.4 Å². The molecule has 0 radical (unpaired) electrons. The summed E-state index contributed by atoms with van der Waals surface area (Å²) < 4.78 is 18.5. The summed E-state index contributed by atoms with van der Waals surface area (Å²) in [5.74, 6) is -0.518. The highest BCUT2D eigenvalue weighted by atomic mass is 16.6. The lowest BCUT2D eigenvalue weighted by Crippen LogP contribution is -2.38. The van der Waals surface area contributed by atoms with Crippen LogP contribution in [0, 0.1) is 6.92 Å². The van der Waals surface area contributed by atoms with E-state index in [1.165, 1.54) is 0 Å². The third kappa shape index (κ3) is 7.87. The fourth-order valence-electron chi connectivity index (χ4n) is 5.64. The highest BCUT2D eigenvalue weighted by molar-refractivity contribution is 6.07. The van der Waals surface area contributed by atoms with Gasteiger partial charge in [-0.15, -0.1) is 0 Å². The van der Waals surface area contributed by atoms with Crippen LogP contribution in [0.1, 0.15) is 79.5 Å². The quantitative estimate of drug-likeness (QED) is 0.311. The van der Waals surface area contributed by atoms with Gasteiger partial charge in [0.2, 0.25) is 0 Å². The van der Waals surface area contributed by atoms with E-state index in [-0.39, 0.29) is 17.9 Å². The van der Waals surface area contributed by atoms with Gasteiger partial charge >= 0.3 is 12.1 Å². The highest BCUT2D eigenvalue weighted by Crippen LogP contribution is 2.37. The number of aromatic nitrogens is 1. The molecule has 0 aliphatic carbocycles. The first-order valence-corrected chi connectivity index (χ1v) is 14.7. The van der Waals surface area contributed by atoms with Crippen LogP contribution in [-0.4, -0.2) is 71.6 Å². The van der Waals surface area contributed by atoms with Gasteiger partial charge in [0.05, 0.1) is 23.7 Å². The van der Waals surface area contributed by atoms with Gasteiger partial charge in [0.25, 0.3) is 5.91 Å². The van der Waals surface area contributed by atoms with E-state index in [1.807, 2.05) is 76.0 Å². The second-order valence-corrected chi connectivity index (χ2v) is 12.1. The number of carbonyl (C=O) groups excluding carboxylic acids is 2. The third-order valence-electron chi connectivity index (χ3n) is 7.71. The summed E-state index contributed by atoms with van der Waals surface area (Å²) in [5.41, 5.74) is 3.94. The molecule has 1 atom stereocenters. The number of ether oxygens (including phenoxy) is 3. The van der Waals surface area contributed by atoms with Gasteiger partial charge in [0.15, 0.2) is 6.61 Å². The van der Waals surface area contributed by atoms with E-state index in [4.69, 9.17) is 14.2 Å². The van der Waals surface area contributed by atoms with E-state index >= 15 is 0 Å². The first-order valence-electron chi connectivity index (χ1n) is 14.7. The zero-order valence-corrected chi connectivity index (χ0v) is 25.9. The van der Waals surface area contributed by atoms with Crippen molar-refractivity contribution in [2.24, 2.45) is 0 Å². The van der Waals surface area contributed by atoms with Crippen LogP contribution in [0.5, 0.6) is 5.75 Å². The van der Waals surface area contributed by atoms with Crippen LogP contribution in [0.2, 0.25) is 0 Å². The maximum Gasteiger partial charge on any atom is 0.408 e. The van der Waals surface area contributed by atoms with E-state index in [1.54, 1.807) is 13.2 Å². The molecule has 1 fully saturated rings. The molecule has 0 spiro atoms. The number of carbonyl (C=O) groups is 3. The first kappa shape index (κ1) is 31.9. The van der Waals surface area contributed by atoms with Crippen molar-refractivity contribution in [1.82, 2.24) is 14.8 Å². The Bertz CT molecular complexity index is 1470. The second-order valence-electron chi connectivity index (χ2n) is 12.1. The summed E-state index contributed by atoms with van der Waals surface area (Å²) in [6.07, 6.45) is 2.80. The minimum Gasteiger partial charge on any atom is -0.482 e. The van der Waals surface area contributed by atoms with Crippen LogP contribution in [0.3, 0.4) is 0 Å². The fourth-order valence-corrected chi connectivity index (χ4v) is 5.64. The Hall–Kier alpha value is -4.05. The van der Waals surface area contributed by atoms with Gasteiger partial charge in [-0.25, -0.2) is 9.59 Å². The van der Waals surface area contributed by atoms with E-state index in [0.717, 1.165) is 27.6 Å². The molecule has 1 aliphatic heterocycles. The van der Waals surface area contributed by atoms with Gasteiger partial charge in [-0.3, -0.25) is 4.79 Å². The summed E-state index contributed by atoms with van der Waals surface area (Å²) in [5, 5.41) is 13.0. The van der Waals surface area contributed by atoms with E-state index in [9.17, 15) is 19.5 Å². The number of carboxylic acid groups (broad SMARTS) is 1. The predicted molar refractivity (Wildman–Crippen MR) is 164 cm³/mol. The van der Waals surface area contributed by atoms with Crippen molar-refractivity contribution in [1.29, 1.82) is 0 Å². The standard InChI is InChI=1S/C33H43N3O7/c1-21-8-7-9-25-27(19-36(30(21)25)16-17-41-6)31(39)35-14-12-23(13-15-35)26-18-24(10-11-28(26)42-20-29(37)38)22(2)34-32(40)43-33(3,4)5/h7-11,18-19,22-23H,12-17,20H2,1-6H3,(H,34,40)(H,37,38). The van der Waals surface area contributed by atoms with Gasteiger partial charge in [-0.1, -0.05) is 24.3 Å². The Kier molecular flexibility index (Phi) is 10.0. The average molecular weight is 594 g/mol. The molecule has 2 heterocycles. The summed E-state index contributed by atoms with van der Waals surface area (Å²) >= 11 is 0. The number of para-hydroxylation sites is 1. The van der Waals surface area contributed by atoms with Crippen molar-refractivity contribution in [2.45, 2.75) is 71.6 Å². The number of likely N-dealkylation sites (tertiary alicyclic amines) is 1. The molecule has 43 heavy (non-hydrogen) atoms. The lowest BCUT2D eigenvalue weighted by molar-refractivity contribution is -0.139. The first-order chi connectivity index (χ1) is 20.4. The number of nitrogens with zero attached hydrogens (tertiary/aromatic N) is 2. The monoisotopic (exact) mass is 593 g/mol. The minimum absolute atomic E-state index is 0.00324. The predicted octanol–water partition coefficient (Wildman–Crippen LogP) is 5.67. The van der Waals surface area contributed by atoms with Crippen LogP contribution in [0.4, 0.5) is 4.79 Å². The molecular weight excluding hydrogens is 550 g/mol. The number of hydrogen-bond donors (Lipinski definition) is 2. The molecule has 2 aromatic carbocycles. The van der Waals surface area contributed by atoms with Crippen molar-refractivity contribution < 1.29 is 33.7 Å². The largest absolute Gasteiger partial charge is 0.482 e. The number of methoxy groups -OCH3 is 1. The Morgan fingerprint density at radius 3 is 2.49 bits per heavy atom. The molecule has 10 heteroatoms. The van der Waals surface area contributed by atoms with Gasteiger partial charge in [-0.2, -0.15) is 0 Å². The molecule has 2 amide bonds. The lowest BCUT2D eigenvalue weighted by atomic mass is 9.87. The maximum absolute atomic E-state index is 13.8. The van der Waals surface area contributed by atoms with Crippen LogP contribution in [0.25, 0.3) is 10.9 Å². The van der Waals surface area contributed by atoms with Gasteiger partial charge in [0, 0.05) is 38.3 Å². The molecule has 0 saturated carbocycles. The molecule has 4 rings (SSSR count). The summed E-state index contributed by atoms with van der Waals surface area (Å²) in [6.45, 7) is 11.2. The Morgan fingerprint density at radius 2 is 1.84 bits per heavy atom. The van der Waals surface area contributed by atoms with Crippen LogP contribution in [-0.2, 0) is 20.8 Å². The number of amides is 2. The lowest BCUT2D eigenvalue weighted by Gasteiger charge is -2.33. The van der Waals surface area contributed by atoms with E-state index in [2.05, 4.69) is 9.88 Å². The molecule has 0 bridgehead atoms. The van der Waals surface area contributed by atoms with Gasteiger partial charge in [-0.05, 0) is 82.2 Å². The maximum atomic E-state index is 13.8. The Morgan fingerprint density at radius 1 is 1.12 bits per heavy atom. The molecule has 2 N–H and O–H groups in total. The number of piperidine rings is 1. The number of alkyl carbamates (subject to hydrolysis) is 1. The number of rotatable bonds is 10. The topological polar surface area (TPSA) is 119 Å². The molecule has 1 unspecified atom stereocenters. The Labute approximate surface area is 252 Å². The molecule has 1 aromatic heterocycles. The number of nitrogens with one attached hydrogen (secondary N) is 1. The highest BCUT2D eigenvalue weighted by Gasteiger charge is 2.29. The van der Waals surface area contributed by atoms with Crippen LogP contribution >= 0.6 is 0 Å². The summed E-state index contributed by atoms with van der Waals surface area (Å²) in [7, 11) is 1.67. The van der Waals surface area contributed by atoms with Crippen molar-refractivity contribution >= 4 is 28.9 Å². The van der Waals surface area contributed by atoms with Gasteiger partial charge < -0.3 is 34.1 Å². The van der Waals surface area contributed by atoms with Crippen LogP contribution < -0.4 is 10.1 Å². The van der Waals surface area contributed by atoms with Crippen molar-refractivity contribution in [3.63, 3.8) is 0 Å². The number of hydrogen-bond acceptors (Lipinski definition) is 6. The Balaban J connectivity index is 1.53. The molecular formula is C33H43N3O7. The second kappa shape index (κ2) is 13.5. The smallest absolute Gasteiger partial charge is 0.408 e. The number of fused-ring (bicyclic) bond motifs is 1. The summed E-state index contributed by atoms with van der Waals surface area (Å²) in [4.78, 5) is 39.3. The number of aliphatic carboxylic acids is 1. The molecule has 232 valence electrons. The number of aryl methyl sites for hydroxylation is 1. The van der Waals surface area contributed by atoms with Crippen LogP contribution in [0.15, 0.2) is 42.6 Å². The zero-order chi connectivity index (χ0) is 31.3. The van der Waals surface area contributed by atoms with Crippen molar-refractivity contribution in [2.75, 3.05) is 33.4 Å². The molecule has 1 aliphatic rings. The molecule has 1 saturated heterocycles. The molecule has 3 aromatic rings. The number of carboxylic acids is 1. The summed E-state index contributed by atoms with van der Waals surface area (Å²) in [6, 6.07) is 11.2. The van der Waals surface area contributed by atoms with Gasteiger partial charge in [0.1, 0.15) is 11.4 Å². The average Bonchev–Trinajstić information content (AvgIpc) is 3.33. The fraction of sp³-hybridized carbons (Fsp3) is 0.485. The normalized spacial score (nSPS) is 14.9. The SMILES string of the molecule is COCCn1cc(C(=O)N2CCC(c3cc(C(C)NC(=O)OC(C)(C)C)ccc3OCC(=O)O)CC2)c2cccc(C)c21. The zero-order valence-electron chi connectivity index (χ0n) is 25.9. The van der Waals surface area contributed by atoms with E-state index < -0.39 is 24.3 Å².